The normalized spacial score (nSPS) is 15.8. The number of nitrogens with zero attached hydrogens (tertiary/aromatic N) is 2. The minimum Gasteiger partial charge on any atom is -0.493 e. The van der Waals surface area contributed by atoms with Gasteiger partial charge in [-0.3, -0.25) is 5.01 Å². The summed E-state index contributed by atoms with van der Waals surface area (Å²) in [5.41, 5.74) is 0.992. The summed E-state index contributed by atoms with van der Waals surface area (Å²) >= 11 is 0. The first-order chi connectivity index (χ1) is 9.33. The fraction of sp³-hybridized carbons (Fsp3) is 0.500. The van der Waals surface area contributed by atoms with Gasteiger partial charge in [0.25, 0.3) is 0 Å². The predicted octanol–water partition coefficient (Wildman–Crippen LogP) is 1.76. The van der Waals surface area contributed by atoms with Crippen molar-refractivity contribution in [3.05, 3.63) is 23.8 Å². The van der Waals surface area contributed by atoms with Crippen molar-refractivity contribution in [2.75, 3.05) is 40.0 Å². The van der Waals surface area contributed by atoms with E-state index < -0.39 is 0 Å². The van der Waals surface area contributed by atoms with E-state index in [2.05, 4.69) is 5.10 Å². The molecule has 1 aliphatic rings. The van der Waals surface area contributed by atoms with E-state index in [1.165, 1.54) is 0 Å². The summed E-state index contributed by atoms with van der Waals surface area (Å²) in [6.07, 6.45) is 1.84. The Bertz CT molecular complexity index is 429. The molecule has 1 aromatic rings. The van der Waals surface area contributed by atoms with Crippen molar-refractivity contribution in [2.24, 2.45) is 5.10 Å². The summed E-state index contributed by atoms with van der Waals surface area (Å²) < 4.78 is 16.1. The Morgan fingerprint density at radius 2 is 2.11 bits per heavy atom. The first-order valence-electron chi connectivity index (χ1n) is 6.51. The Kier molecular flexibility index (Phi) is 5.03. The molecule has 0 radical (unpaired) electrons. The molecule has 2 rings (SSSR count). The molecule has 0 bridgehead atoms. The van der Waals surface area contributed by atoms with Crippen molar-refractivity contribution in [3.63, 3.8) is 0 Å². The van der Waals surface area contributed by atoms with Crippen LogP contribution >= 0.6 is 0 Å². The van der Waals surface area contributed by atoms with Crippen LogP contribution in [0.15, 0.2) is 23.3 Å². The van der Waals surface area contributed by atoms with Gasteiger partial charge in [-0.15, -0.1) is 0 Å². The molecule has 0 atom stereocenters. The molecular weight excluding hydrogens is 244 g/mol. The van der Waals surface area contributed by atoms with Gasteiger partial charge < -0.3 is 14.2 Å². The summed E-state index contributed by atoms with van der Waals surface area (Å²) in [6, 6.07) is 5.80. The molecule has 0 N–H and O–H groups in total. The Morgan fingerprint density at radius 3 is 2.79 bits per heavy atom. The molecule has 1 heterocycles. The smallest absolute Gasteiger partial charge is 0.161 e. The lowest BCUT2D eigenvalue weighted by Crippen LogP contribution is -2.32. The van der Waals surface area contributed by atoms with Gasteiger partial charge in [-0.05, 0) is 30.7 Å². The SMILES string of the molecule is CCOc1ccc(C=NN2CCOCC2)cc1OC. The fourth-order valence-corrected chi connectivity index (χ4v) is 1.86. The van der Waals surface area contributed by atoms with Crippen LogP contribution in [0.1, 0.15) is 12.5 Å². The number of methoxy groups -OCH3 is 1. The highest BCUT2D eigenvalue weighted by molar-refractivity contribution is 5.80. The number of rotatable bonds is 5. The van der Waals surface area contributed by atoms with E-state index in [9.17, 15) is 0 Å². The molecule has 1 aromatic carbocycles. The van der Waals surface area contributed by atoms with Gasteiger partial charge in [0.2, 0.25) is 0 Å². The molecule has 5 nitrogen and oxygen atoms in total. The fourth-order valence-electron chi connectivity index (χ4n) is 1.86. The highest BCUT2D eigenvalue weighted by atomic mass is 16.5. The Hall–Kier alpha value is -1.75. The second-order valence-electron chi connectivity index (χ2n) is 4.15. The number of morpholine rings is 1. The molecule has 5 heteroatoms. The average molecular weight is 264 g/mol. The maximum Gasteiger partial charge on any atom is 0.161 e. The standard InChI is InChI=1S/C14H20N2O3/c1-3-19-13-5-4-12(10-14(13)17-2)11-15-16-6-8-18-9-7-16/h4-5,10-11H,3,6-9H2,1-2H3. The Morgan fingerprint density at radius 1 is 1.32 bits per heavy atom. The van der Waals surface area contributed by atoms with Crippen molar-refractivity contribution in [2.45, 2.75) is 6.92 Å². The molecule has 1 fully saturated rings. The van der Waals surface area contributed by atoms with Crippen molar-refractivity contribution < 1.29 is 14.2 Å². The molecule has 0 saturated carbocycles. The number of ether oxygens (including phenoxy) is 3. The Balaban J connectivity index is 2.05. The predicted molar refractivity (Wildman–Crippen MR) is 74.1 cm³/mol. The highest BCUT2D eigenvalue weighted by Crippen LogP contribution is 2.27. The van der Waals surface area contributed by atoms with E-state index in [-0.39, 0.29) is 0 Å². The maximum absolute atomic E-state index is 5.48. The minimum absolute atomic E-state index is 0.623. The molecule has 0 amide bonds. The second kappa shape index (κ2) is 6.99. The van der Waals surface area contributed by atoms with Gasteiger partial charge in [-0.1, -0.05) is 0 Å². The van der Waals surface area contributed by atoms with Crippen LogP contribution in [0.3, 0.4) is 0 Å². The molecule has 1 aliphatic heterocycles. The van der Waals surface area contributed by atoms with Crippen molar-refractivity contribution in [1.82, 2.24) is 5.01 Å². The quantitative estimate of drug-likeness (QED) is 0.760. The van der Waals surface area contributed by atoms with Crippen molar-refractivity contribution in [3.8, 4) is 11.5 Å². The summed E-state index contributed by atoms with van der Waals surface area (Å²) in [7, 11) is 1.64. The van der Waals surface area contributed by atoms with Crippen LogP contribution in [0.5, 0.6) is 11.5 Å². The van der Waals surface area contributed by atoms with Gasteiger partial charge in [-0.2, -0.15) is 5.10 Å². The monoisotopic (exact) mass is 264 g/mol. The summed E-state index contributed by atoms with van der Waals surface area (Å²) in [5, 5.41) is 6.44. The third-order valence-electron chi connectivity index (χ3n) is 2.85. The average Bonchev–Trinajstić information content (AvgIpc) is 2.47. The zero-order chi connectivity index (χ0) is 13.5. The van der Waals surface area contributed by atoms with Crippen LogP contribution in [0.25, 0.3) is 0 Å². The van der Waals surface area contributed by atoms with E-state index in [1.54, 1.807) is 7.11 Å². The summed E-state index contributed by atoms with van der Waals surface area (Å²) in [4.78, 5) is 0. The lowest BCUT2D eigenvalue weighted by atomic mass is 10.2. The van der Waals surface area contributed by atoms with E-state index >= 15 is 0 Å². The lowest BCUT2D eigenvalue weighted by molar-refractivity contribution is 0.0397. The topological polar surface area (TPSA) is 43.3 Å². The highest BCUT2D eigenvalue weighted by Gasteiger charge is 2.07. The van der Waals surface area contributed by atoms with Crippen molar-refractivity contribution >= 4 is 6.21 Å². The molecule has 0 aliphatic carbocycles. The van der Waals surface area contributed by atoms with E-state index in [1.807, 2.05) is 36.3 Å². The zero-order valence-electron chi connectivity index (χ0n) is 11.5. The largest absolute Gasteiger partial charge is 0.493 e. The summed E-state index contributed by atoms with van der Waals surface area (Å²) in [6.45, 7) is 5.73. The van der Waals surface area contributed by atoms with Crippen LogP contribution in [-0.4, -0.2) is 51.2 Å². The third-order valence-corrected chi connectivity index (χ3v) is 2.85. The van der Waals surface area contributed by atoms with Crippen molar-refractivity contribution in [1.29, 1.82) is 0 Å². The van der Waals surface area contributed by atoms with Crippen LogP contribution in [0, 0.1) is 0 Å². The Labute approximate surface area is 113 Å². The molecular formula is C14H20N2O3. The van der Waals surface area contributed by atoms with Gasteiger partial charge in [0, 0.05) is 0 Å². The second-order valence-corrected chi connectivity index (χ2v) is 4.15. The minimum atomic E-state index is 0.623. The van der Waals surface area contributed by atoms with Gasteiger partial charge in [0.1, 0.15) is 0 Å². The van der Waals surface area contributed by atoms with Crippen LogP contribution < -0.4 is 9.47 Å². The van der Waals surface area contributed by atoms with Crippen LogP contribution in [0.2, 0.25) is 0 Å². The molecule has 19 heavy (non-hydrogen) atoms. The van der Waals surface area contributed by atoms with E-state index in [4.69, 9.17) is 14.2 Å². The molecule has 0 spiro atoms. The van der Waals surface area contributed by atoms with Gasteiger partial charge in [0.05, 0.1) is 46.2 Å². The van der Waals surface area contributed by atoms with Gasteiger partial charge in [-0.25, -0.2) is 0 Å². The number of benzene rings is 1. The third kappa shape index (κ3) is 3.86. The van der Waals surface area contributed by atoms with Gasteiger partial charge >= 0.3 is 0 Å². The first kappa shape index (κ1) is 13.7. The number of hydrogen-bond acceptors (Lipinski definition) is 5. The lowest BCUT2D eigenvalue weighted by Gasteiger charge is -2.23. The maximum atomic E-state index is 5.48. The number of hydrogen-bond donors (Lipinski definition) is 0. The van der Waals surface area contributed by atoms with E-state index in [0.717, 1.165) is 43.4 Å². The van der Waals surface area contributed by atoms with Crippen LogP contribution in [0.4, 0.5) is 0 Å². The zero-order valence-corrected chi connectivity index (χ0v) is 11.5. The molecule has 104 valence electrons. The molecule has 0 unspecified atom stereocenters. The first-order valence-corrected chi connectivity index (χ1v) is 6.51. The summed E-state index contributed by atoms with van der Waals surface area (Å²) in [5.74, 6) is 1.49. The van der Waals surface area contributed by atoms with Crippen LogP contribution in [-0.2, 0) is 4.74 Å². The molecule has 1 saturated heterocycles. The number of hydrazone groups is 1. The van der Waals surface area contributed by atoms with Gasteiger partial charge in [0.15, 0.2) is 11.5 Å². The van der Waals surface area contributed by atoms with E-state index in [0.29, 0.717) is 6.61 Å². The molecule has 0 aromatic heterocycles.